The maximum atomic E-state index is 5.89. The van der Waals surface area contributed by atoms with Crippen LogP contribution in [-0.2, 0) is 0 Å². The minimum absolute atomic E-state index is 0.402. The first-order chi connectivity index (χ1) is 7.63. The van der Waals surface area contributed by atoms with Crippen LogP contribution in [-0.4, -0.2) is 6.54 Å². The van der Waals surface area contributed by atoms with Gasteiger partial charge in [0.15, 0.2) is 0 Å². The Morgan fingerprint density at radius 2 is 2.00 bits per heavy atom. The molecule has 1 aromatic carbocycles. The van der Waals surface area contributed by atoms with Gasteiger partial charge in [0, 0.05) is 17.6 Å². The monoisotopic (exact) mass is 237 g/mol. The molecule has 0 aromatic heterocycles. The highest BCUT2D eigenvalue weighted by atomic mass is 35.5. The van der Waals surface area contributed by atoms with E-state index in [4.69, 9.17) is 11.6 Å². The molecule has 1 N–H and O–H groups in total. The third-order valence-corrected chi connectivity index (χ3v) is 2.75. The fourth-order valence-electron chi connectivity index (χ4n) is 1.67. The molecule has 0 heterocycles. The van der Waals surface area contributed by atoms with Crippen molar-refractivity contribution < 1.29 is 0 Å². The summed E-state index contributed by atoms with van der Waals surface area (Å²) in [7, 11) is 0. The smallest absolute Gasteiger partial charge is 0.0406 e. The molecule has 2 heteroatoms. The van der Waals surface area contributed by atoms with Gasteiger partial charge in [-0.15, -0.1) is 0 Å². The van der Waals surface area contributed by atoms with Crippen molar-refractivity contribution in [3.63, 3.8) is 0 Å². The third-order valence-electron chi connectivity index (χ3n) is 2.50. The molecule has 1 rings (SSSR count). The van der Waals surface area contributed by atoms with Crippen LogP contribution in [0.3, 0.4) is 0 Å². The highest BCUT2D eigenvalue weighted by molar-refractivity contribution is 6.30. The predicted octanol–water partition coefficient (Wildman–Crippen LogP) is 4.35. The van der Waals surface area contributed by atoms with Crippen molar-refractivity contribution >= 4 is 11.6 Å². The zero-order valence-electron chi connectivity index (χ0n) is 10.1. The Morgan fingerprint density at radius 1 is 1.38 bits per heavy atom. The van der Waals surface area contributed by atoms with E-state index in [0.29, 0.717) is 6.04 Å². The summed E-state index contributed by atoms with van der Waals surface area (Å²) in [5.41, 5.74) is 2.46. The molecule has 0 fully saturated rings. The maximum absolute atomic E-state index is 5.89. The molecule has 0 saturated heterocycles. The molecule has 0 aliphatic carbocycles. The fourth-order valence-corrected chi connectivity index (χ4v) is 1.79. The number of halogens is 1. The van der Waals surface area contributed by atoms with E-state index in [1.165, 1.54) is 5.56 Å². The Balaban J connectivity index is 2.68. The lowest BCUT2D eigenvalue weighted by molar-refractivity contribution is 0.515. The van der Waals surface area contributed by atoms with Crippen molar-refractivity contribution in [2.45, 2.75) is 32.7 Å². The Labute approximate surface area is 104 Å². The topological polar surface area (TPSA) is 12.0 Å². The van der Waals surface area contributed by atoms with Crippen molar-refractivity contribution in [1.29, 1.82) is 0 Å². The van der Waals surface area contributed by atoms with Gasteiger partial charge in [0.25, 0.3) is 0 Å². The minimum atomic E-state index is 0.402. The molecule has 0 aliphatic heterocycles. The van der Waals surface area contributed by atoms with Gasteiger partial charge in [-0.3, -0.25) is 0 Å². The zero-order chi connectivity index (χ0) is 12.0. The average Bonchev–Trinajstić information content (AvgIpc) is 2.25. The number of nitrogens with one attached hydrogen (secondary N) is 1. The van der Waals surface area contributed by atoms with Crippen molar-refractivity contribution in [3.05, 3.63) is 47.0 Å². The van der Waals surface area contributed by atoms with Crippen LogP contribution in [0, 0.1) is 0 Å². The van der Waals surface area contributed by atoms with E-state index >= 15 is 0 Å². The van der Waals surface area contributed by atoms with Gasteiger partial charge in [0.05, 0.1) is 0 Å². The highest BCUT2D eigenvalue weighted by Gasteiger charge is 2.09. The highest BCUT2D eigenvalue weighted by Crippen LogP contribution is 2.20. The largest absolute Gasteiger partial charge is 0.306 e. The fraction of sp³-hybridized carbons (Fsp3) is 0.429. The van der Waals surface area contributed by atoms with Crippen LogP contribution in [0.5, 0.6) is 0 Å². The van der Waals surface area contributed by atoms with Crippen molar-refractivity contribution in [2.75, 3.05) is 6.54 Å². The van der Waals surface area contributed by atoms with Crippen LogP contribution in [0.4, 0.5) is 0 Å². The van der Waals surface area contributed by atoms with Crippen LogP contribution in [0.25, 0.3) is 0 Å². The molecule has 0 saturated carbocycles. The van der Waals surface area contributed by atoms with Gasteiger partial charge < -0.3 is 5.32 Å². The quantitative estimate of drug-likeness (QED) is 0.726. The van der Waals surface area contributed by atoms with E-state index in [-0.39, 0.29) is 0 Å². The first kappa shape index (κ1) is 13.3. The summed E-state index contributed by atoms with van der Waals surface area (Å²) in [6.45, 7) is 9.02. The van der Waals surface area contributed by atoms with E-state index in [0.717, 1.165) is 30.0 Å². The van der Waals surface area contributed by atoms with E-state index in [1.807, 2.05) is 19.1 Å². The standard InChI is InChI=1S/C14H20ClN/c1-4-5-14(16-10-11(2)3)12-6-8-13(15)9-7-12/h6-9,14,16H,2,4-5,10H2,1,3H3. The summed E-state index contributed by atoms with van der Waals surface area (Å²) in [4.78, 5) is 0. The summed E-state index contributed by atoms with van der Waals surface area (Å²) in [5.74, 6) is 0. The molecule has 0 spiro atoms. The second kappa shape index (κ2) is 6.72. The second-order valence-electron chi connectivity index (χ2n) is 4.23. The van der Waals surface area contributed by atoms with Crippen LogP contribution in [0.1, 0.15) is 38.3 Å². The molecule has 1 unspecified atom stereocenters. The van der Waals surface area contributed by atoms with Crippen LogP contribution >= 0.6 is 11.6 Å². The Bertz CT molecular complexity index is 329. The number of hydrogen-bond donors (Lipinski definition) is 1. The van der Waals surface area contributed by atoms with E-state index < -0.39 is 0 Å². The van der Waals surface area contributed by atoms with Crippen LogP contribution in [0.2, 0.25) is 5.02 Å². The molecule has 1 atom stereocenters. The van der Waals surface area contributed by atoms with Crippen LogP contribution in [0.15, 0.2) is 36.4 Å². The first-order valence-electron chi connectivity index (χ1n) is 5.76. The molecule has 1 aromatic rings. The molecule has 0 amide bonds. The molecule has 88 valence electrons. The van der Waals surface area contributed by atoms with Crippen LogP contribution < -0.4 is 5.32 Å². The van der Waals surface area contributed by atoms with Gasteiger partial charge in [-0.05, 0) is 31.0 Å². The molecular formula is C14H20ClN. The first-order valence-corrected chi connectivity index (χ1v) is 6.14. The van der Waals surface area contributed by atoms with Gasteiger partial charge in [-0.25, -0.2) is 0 Å². The lowest BCUT2D eigenvalue weighted by Gasteiger charge is -2.18. The molecule has 0 radical (unpaired) electrons. The molecule has 0 bridgehead atoms. The zero-order valence-corrected chi connectivity index (χ0v) is 10.8. The van der Waals surface area contributed by atoms with Crippen molar-refractivity contribution in [2.24, 2.45) is 0 Å². The van der Waals surface area contributed by atoms with Gasteiger partial charge in [0.1, 0.15) is 0 Å². The molecule has 0 aliphatic rings. The summed E-state index contributed by atoms with van der Waals surface area (Å²) < 4.78 is 0. The van der Waals surface area contributed by atoms with Gasteiger partial charge >= 0.3 is 0 Å². The third kappa shape index (κ3) is 4.38. The van der Waals surface area contributed by atoms with E-state index in [2.05, 4.69) is 31.0 Å². The summed E-state index contributed by atoms with van der Waals surface area (Å²) in [6.07, 6.45) is 2.30. The van der Waals surface area contributed by atoms with E-state index in [9.17, 15) is 0 Å². The minimum Gasteiger partial charge on any atom is -0.306 e. The Morgan fingerprint density at radius 3 is 2.50 bits per heavy atom. The van der Waals surface area contributed by atoms with Crippen molar-refractivity contribution in [1.82, 2.24) is 5.32 Å². The van der Waals surface area contributed by atoms with Gasteiger partial charge in [0.2, 0.25) is 0 Å². The SMILES string of the molecule is C=C(C)CNC(CCC)c1ccc(Cl)cc1. The summed E-state index contributed by atoms with van der Waals surface area (Å²) in [6, 6.07) is 8.48. The van der Waals surface area contributed by atoms with Gasteiger partial charge in [-0.1, -0.05) is 49.2 Å². The van der Waals surface area contributed by atoms with E-state index in [1.54, 1.807) is 0 Å². The molecule has 1 nitrogen and oxygen atoms in total. The number of rotatable bonds is 6. The maximum Gasteiger partial charge on any atom is 0.0406 e. The summed E-state index contributed by atoms with van der Waals surface area (Å²) >= 11 is 5.89. The predicted molar refractivity (Wildman–Crippen MR) is 71.9 cm³/mol. The second-order valence-corrected chi connectivity index (χ2v) is 4.67. The van der Waals surface area contributed by atoms with Crippen molar-refractivity contribution in [3.8, 4) is 0 Å². The lowest BCUT2D eigenvalue weighted by atomic mass is 10.0. The average molecular weight is 238 g/mol. The Hall–Kier alpha value is -0.790. The normalized spacial score (nSPS) is 12.4. The van der Waals surface area contributed by atoms with Gasteiger partial charge in [-0.2, -0.15) is 0 Å². The summed E-state index contributed by atoms with van der Waals surface area (Å²) in [5, 5.41) is 4.30. The number of hydrogen-bond acceptors (Lipinski definition) is 1. The molecule has 16 heavy (non-hydrogen) atoms. The lowest BCUT2D eigenvalue weighted by Crippen LogP contribution is -2.22. The Kier molecular flexibility index (Phi) is 5.58. The number of benzene rings is 1. The molecular weight excluding hydrogens is 218 g/mol.